The summed E-state index contributed by atoms with van der Waals surface area (Å²) in [6.45, 7) is 12.2. The van der Waals surface area contributed by atoms with Crippen LogP contribution in [0.3, 0.4) is 0 Å². The Morgan fingerprint density at radius 3 is 2.38 bits per heavy atom. The fourth-order valence-corrected chi connectivity index (χ4v) is 2.69. The molecule has 9 heteroatoms. The Labute approximate surface area is 209 Å². The number of halogens is 2. The van der Waals surface area contributed by atoms with Crippen LogP contribution in [0.25, 0.3) is 0 Å². The molecule has 0 spiro atoms. The Morgan fingerprint density at radius 1 is 1.15 bits per heavy atom. The summed E-state index contributed by atoms with van der Waals surface area (Å²) in [5.74, 6) is 0.335. The van der Waals surface area contributed by atoms with E-state index in [-0.39, 0.29) is 18.7 Å². The zero-order chi connectivity index (χ0) is 26.4. The average molecular weight is 501 g/mol. The molecule has 1 aromatic carbocycles. The Morgan fingerprint density at radius 2 is 1.82 bits per heavy atom. The first-order valence-corrected chi connectivity index (χ1v) is 12.2. The largest absolute Gasteiger partial charge is 0.471 e. The molecule has 0 saturated heterocycles. The lowest BCUT2D eigenvalue weighted by molar-refractivity contribution is -0.117. The maximum Gasteiger partial charge on any atom is 0.320 e. The molecule has 0 radical (unpaired) electrons. The lowest BCUT2D eigenvalue weighted by Crippen LogP contribution is -2.45. The minimum absolute atomic E-state index is 0.0123. The molecule has 0 aromatic heterocycles. The van der Waals surface area contributed by atoms with Crippen molar-refractivity contribution in [3.63, 3.8) is 0 Å². The molecule has 3 N–H and O–H groups in total. The van der Waals surface area contributed by atoms with E-state index in [4.69, 9.17) is 16.3 Å². The molecule has 3 amide bonds. The molecule has 1 rings (SSSR count). The lowest BCUT2D eigenvalue weighted by Gasteiger charge is -2.22. The van der Waals surface area contributed by atoms with Crippen molar-refractivity contribution in [1.82, 2.24) is 15.5 Å². The van der Waals surface area contributed by atoms with Crippen LogP contribution < -0.4 is 20.7 Å². The van der Waals surface area contributed by atoms with Gasteiger partial charge in [0.25, 0.3) is 0 Å². The Hall–Kier alpha value is -2.74. The number of allylic oxidation sites excluding steroid dienone is 3. The number of rotatable bonds is 12. The van der Waals surface area contributed by atoms with Crippen LogP contribution >= 0.6 is 11.6 Å². The van der Waals surface area contributed by atoms with Gasteiger partial charge in [-0.3, -0.25) is 4.79 Å². The summed E-state index contributed by atoms with van der Waals surface area (Å²) in [4.78, 5) is 26.1. The second-order valence-electron chi connectivity index (χ2n) is 6.12. The van der Waals surface area contributed by atoms with Gasteiger partial charge in [-0.2, -0.15) is 0 Å². The molecule has 0 unspecified atom stereocenters. The van der Waals surface area contributed by atoms with Crippen LogP contribution in [0.15, 0.2) is 42.0 Å². The fraction of sp³-hybridized carbons (Fsp3) is 0.520. The topological polar surface area (TPSA) is 82.7 Å². The first-order chi connectivity index (χ1) is 16.5. The van der Waals surface area contributed by atoms with E-state index in [0.29, 0.717) is 48.1 Å². The number of carbonyl (C=O) groups is 2. The molecular formula is C25H42ClFN4O3. The smallest absolute Gasteiger partial charge is 0.320 e. The van der Waals surface area contributed by atoms with E-state index in [1.165, 1.54) is 12.2 Å². The first kappa shape index (κ1) is 33.4. The molecule has 0 fully saturated rings. The number of nitrogens with zero attached hydrogens (tertiary/aromatic N) is 1. The zero-order valence-electron chi connectivity index (χ0n) is 21.6. The number of ether oxygens (including phenoxy) is 1. The van der Waals surface area contributed by atoms with E-state index in [9.17, 15) is 14.0 Å². The second kappa shape index (κ2) is 22.1. The van der Waals surface area contributed by atoms with E-state index >= 15 is 0 Å². The molecule has 0 saturated carbocycles. The van der Waals surface area contributed by atoms with Crippen LogP contribution in [-0.4, -0.2) is 56.9 Å². The molecule has 1 aromatic rings. The molecule has 0 aliphatic carbocycles. The van der Waals surface area contributed by atoms with Crippen LogP contribution in [-0.2, 0) is 4.79 Å². The highest BCUT2D eigenvalue weighted by molar-refractivity contribution is 6.30. The maximum absolute atomic E-state index is 12.3. The summed E-state index contributed by atoms with van der Waals surface area (Å²) in [6, 6.07) is 4.84. The number of carbonyl (C=O) groups excluding carboxylic acids is 2. The van der Waals surface area contributed by atoms with Gasteiger partial charge in [-0.1, -0.05) is 64.4 Å². The summed E-state index contributed by atoms with van der Waals surface area (Å²) in [5.41, 5.74) is 1.26. The number of anilines is 1. The third-order valence-corrected chi connectivity index (χ3v) is 4.43. The normalized spacial score (nSPS) is 10.3. The van der Waals surface area contributed by atoms with E-state index in [2.05, 4.69) is 16.0 Å². The molecule has 0 aliphatic rings. The summed E-state index contributed by atoms with van der Waals surface area (Å²) in [7, 11) is 1.75. The standard InChI is InChI=1S/C21H30ClFN4O3.2C2H6/c1-4-16(8-6-7-11-23)20(28)25-12-13-27(5-2)21(29)26-15-30-19-10-9-17(22)14-18(19)24-3;2*1-2/h6-10,14,24H,4-5,11-13,15H2,1-3H3,(H,25,28)(H,26,29);2*1-2H3/b7-6-,16-8+;;. The monoisotopic (exact) mass is 500 g/mol. The van der Waals surface area contributed by atoms with Crippen molar-refractivity contribution < 1.29 is 18.7 Å². The van der Waals surface area contributed by atoms with Gasteiger partial charge in [0, 0.05) is 37.3 Å². The molecule has 0 aliphatic heterocycles. The van der Waals surface area contributed by atoms with Crippen molar-refractivity contribution in [1.29, 1.82) is 0 Å². The highest BCUT2D eigenvalue weighted by Gasteiger charge is 2.13. The highest BCUT2D eigenvalue weighted by Crippen LogP contribution is 2.27. The van der Waals surface area contributed by atoms with E-state index in [1.807, 2.05) is 41.5 Å². The van der Waals surface area contributed by atoms with Crippen molar-refractivity contribution in [3.8, 4) is 5.75 Å². The summed E-state index contributed by atoms with van der Waals surface area (Å²) in [6.07, 6.45) is 4.96. The van der Waals surface area contributed by atoms with Crippen molar-refractivity contribution in [3.05, 3.63) is 47.0 Å². The van der Waals surface area contributed by atoms with Gasteiger partial charge in [0.15, 0.2) is 6.73 Å². The Bertz CT molecular complexity index is 758. The number of amides is 3. The number of likely N-dealkylation sites (N-methyl/N-ethyl adjacent to an activating group) is 1. The Kier molecular flexibility index (Phi) is 21.7. The van der Waals surface area contributed by atoms with Gasteiger partial charge in [0.1, 0.15) is 12.4 Å². The summed E-state index contributed by atoms with van der Waals surface area (Å²) < 4.78 is 17.7. The molecule has 7 nitrogen and oxygen atoms in total. The van der Waals surface area contributed by atoms with Crippen molar-refractivity contribution in [2.24, 2.45) is 0 Å². The lowest BCUT2D eigenvalue weighted by atomic mass is 10.1. The summed E-state index contributed by atoms with van der Waals surface area (Å²) in [5, 5.41) is 9.02. The quantitative estimate of drug-likeness (QED) is 0.193. The van der Waals surface area contributed by atoms with E-state index in [1.54, 1.807) is 36.2 Å². The van der Waals surface area contributed by atoms with Gasteiger partial charge in [-0.25, -0.2) is 9.18 Å². The van der Waals surface area contributed by atoms with Gasteiger partial charge in [0.2, 0.25) is 5.91 Å². The highest BCUT2D eigenvalue weighted by atomic mass is 35.5. The van der Waals surface area contributed by atoms with Gasteiger partial charge in [0.05, 0.1) is 5.69 Å². The van der Waals surface area contributed by atoms with Crippen LogP contribution in [0.5, 0.6) is 5.75 Å². The average Bonchev–Trinajstić information content (AvgIpc) is 2.87. The first-order valence-electron chi connectivity index (χ1n) is 11.8. The van der Waals surface area contributed by atoms with E-state index in [0.717, 1.165) is 0 Å². The minimum atomic E-state index is -0.576. The second-order valence-corrected chi connectivity index (χ2v) is 6.56. The predicted molar refractivity (Wildman–Crippen MR) is 141 cm³/mol. The Balaban J connectivity index is 0. The summed E-state index contributed by atoms with van der Waals surface area (Å²) >= 11 is 5.95. The SMILES string of the molecule is CC.CC.CC/C(=C\C=C/CF)C(=O)NCCN(CC)C(=O)NCOc1ccc(Cl)cc1NC. The van der Waals surface area contributed by atoms with Gasteiger partial charge < -0.3 is 25.6 Å². The van der Waals surface area contributed by atoms with Crippen LogP contribution in [0.2, 0.25) is 5.02 Å². The molecule has 34 heavy (non-hydrogen) atoms. The van der Waals surface area contributed by atoms with Crippen molar-refractivity contribution >= 4 is 29.2 Å². The van der Waals surface area contributed by atoms with Gasteiger partial charge in [-0.15, -0.1) is 0 Å². The maximum atomic E-state index is 12.3. The fourth-order valence-electron chi connectivity index (χ4n) is 2.52. The third kappa shape index (κ3) is 13.7. The predicted octanol–water partition coefficient (Wildman–Crippen LogP) is 5.78. The van der Waals surface area contributed by atoms with Crippen LogP contribution in [0.1, 0.15) is 48.0 Å². The minimum Gasteiger partial charge on any atom is -0.471 e. The number of alkyl halides is 1. The number of urea groups is 1. The van der Waals surface area contributed by atoms with Gasteiger partial charge in [-0.05, 0) is 31.5 Å². The van der Waals surface area contributed by atoms with Gasteiger partial charge >= 0.3 is 6.03 Å². The molecule has 0 bridgehead atoms. The van der Waals surface area contributed by atoms with Crippen molar-refractivity contribution in [2.75, 3.05) is 45.4 Å². The van der Waals surface area contributed by atoms with Crippen LogP contribution in [0.4, 0.5) is 14.9 Å². The molecular weight excluding hydrogens is 459 g/mol. The number of hydrogen-bond donors (Lipinski definition) is 3. The van der Waals surface area contributed by atoms with E-state index < -0.39 is 6.67 Å². The van der Waals surface area contributed by atoms with Crippen LogP contribution in [0, 0.1) is 0 Å². The van der Waals surface area contributed by atoms with Crippen molar-refractivity contribution in [2.45, 2.75) is 48.0 Å². The molecule has 0 heterocycles. The number of hydrogen-bond acceptors (Lipinski definition) is 4. The number of nitrogens with one attached hydrogen (secondary N) is 3. The molecule has 0 atom stereocenters. The molecule has 194 valence electrons. The third-order valence-electron chi connectivity index (χ3n) is 4.19. The zero-order valence-corrected chi connectivity index (χ0v) is 22.4. The number of benzene rings is 1.